The molecule has 0 saturated heterocycles. The minimum Gasteiger partial charge on any atom is -0.367 e. The second-order valence-corrected chi connectivity index (χ2v) is 5.21. The van der Waals surface area contributed by atoms with Gasteiger partial charge in [0.15, 0.2) is 0 Å². The maximum absolute atomic E-state index is 5.92. The van der Waals surface area contributed by atoms with Gasteiger partial charge in [-0.2, -0.15) is 0 Å². The minimum atomic E-state index is 0.322. The van der Waals surface area contributed by atoms with Gasteiger partial charge in [-0.05, 0) is 18.4 Å². The van der Waals surface area contributed by atoms with Crippen LogP contribution in [0.1, 0.15) is 37.9 Å². The fourth-order valence-corrected chi connectivity index (χ4v) is 1.95. The third-order valence-electron chi connectivity index (χ3n) is 3.52. The zero-order valence-electron chi connectivity index (χ0n) is 11.4. The number of aryl methyl sites for hydroxylation is 1. The molecule has 1 aromatic heterocycles. The largest absolute Gasteiger partial charge is 0.367 e. The molecule has 0 aliphatic rings. The molecule has 96 valence electrons. The first kappa shape index (κ1) is 12.7. The van der Waals surface area contributed by atoms with Crippen molar-refractivity contribution in [2.45, 2.75) is 33.6 Å². The molecule has 1 aromatic carbocycles. The highest BCUT2D eigenvalue weighted by atomic mass is 16.5. The van der Waals surface area contributed by atoms with E-state index in [0.29, 0.717) is 17.7 Å². The molecule has 1 atom stereocenters. The van der Waals surface area contributed by atoms with E-state index < -0.39 is 0 Å². The summed E-state index contributed by atoms with van der Waals surface area (Å²) in [5.41, 5.74) is 10.1. The van der Waals surface area contributed by atoms with Crippen LogP contribution in [0.3, 0.4) is 0 Å². The van der Waals surface area contributed by atoms with Crippen molar-refractivity contribution in [3.63, 3.8) is 0 Å². The van der Waals surface area contributed by atoms with E-state index in [1.807, 2.05) is 0 Å². The van der Waals surface area contributed by atoms with Crippen LogP contribution in [0.15, 0.2) is 28.8 Å². The summed E-state index contributed by atoms with van der Waals surface area (Å²) in [6, 6.07) is 8.28. The zero-order chi connectivity index (χ0) is 13.3. The van der Waals surface area contributed by atoms with E-state index in [0.717, 1.165) is 16.8 Å². The molecule has 0 fully saturated rings. The van der Waals surface area contributed by atoms with Gasteiger partial charge in [0.1, 0.15) is 0 Å². The van der Waals surface area contributed by atoms with E-state index in [1.165, 1.54) is 5.56 Å². The van der Waals surface area contributed by atoms with Gasteiger partial charge in [0.2, 0.25) is 5.88 Å². The average molecular weight is 244 g/mol. The number of hydrogen-bond donors (Lipinski definition) is 1. The third kappa shape index (κ3) is 2.26. The summed E-state index contributed by atoms with van der Waals surface area (Å²) in [7, 11) is 0. The highest BCUT2D eigenvalue weighted by Gasteiger charge is 2.22. The van der Waals surface area contributed by atoms with Crippen molar-refractivity contribution in [3.05, 3.63) is 35.5 Å². The standard InChI is InChI=1S/C15H20N2O/c1-9(2)11(4)14-13(15(16)18-17-14)12-7-5-10(3)6-8-12/h5-9,11H,16H2,1-4H3. The molecule has 0 spiro atoms. The number of anilines is 1. The third-order valence-corrected chi connectivity index (χ3v) is 3.52. The lowest BCUT2D eigenvalue weighted by molar-refractivity contribution is 0.407. The van der Waals surface area contributed by atoms with Crippen LogP contribution in [0.2, 0.25) is 0 Å². The van der Waals surface area contributed by atoms with Crippen molar-refractivity contribution in [1.82, 2.24) is 5.16 Å². The lowest BCUT2D eigenvalue weighted by atomic mass is 9.90. The van der Waals surface area contributed by atoms with Gasteiger partial charge in [-0.1, -0.05) is 55.8 Å². The van der Waals surface area contributed by atoms with Gasteiger partial charge in [0.05, 0.1) is 11.3 Å². The molecular formula is C15H20N2O. The van der Waals surface area contributed by atoms with Crippen molar-refractivity contribution in [2.75, 3.05) is 5.73 Å². The molecule has 3 heteroatoms. The molecule has 3 nitrogen and oxygen atoms in total. The Morgan fingerprint density at radius 1 is 1.11 bits per heavy atom. The van der Waals surface area contributed by atoms with E-state index in [9.17, 15) is 0 Å². The van der Waals surface area contributed by atoms with Gasteiger partial charge >= 0.3 is 0 Å². The first-order chi connectivity index (χ1) is 8.50. The molecule has 2 rings (SSSR count). The van der Waals surface area contributed by atoms with Crippen LogP contribution in [-0.4, -0.2) is 5.16 Å². The summed E-state index contributed by atoms with van der Waals surface area (Å²) in [5.74, 6) is 1.22. The Hall–Kier alpha value is -1.77. The number of benzene rings is 1. The van der Waals surface area contributed by atoms with Crippen molar-refractivity contribution < 1.29 is 4.52 Å². The second kappa shape index (κ2) is 4.84. The van der Waals surface area contributed by atoms with Gasteiger partial charge < -0.3 is 10.3 Å². The number of nitrogen functional groups attached to an aromatic ring is 1. The van der Waals surface area contributed by atoms with Crippen LogP contribution < -0.4 is 5.73 Å². The molecule has 1 heterocycles. The molecule has 0 amide bonds. The molecule has 0 bridgehead atoms. The lowest BCUT2D eigenvalue weighted by Crippen LogP contribution is -2.04. The first-order valence-corrected chi connectivity index (χ1v) is 6.32. The van der Waals surface area contributed by atoms with Crippen LogP contribution in [0.25, 0.3) is 11.1 Å². The molecule has 0 radical (unpaired) electrons. The Labute approximate surface area is 108 Å². The van der Waals surface area contributed by atoms with E-state index >= 15 is 0 Å². The van der Waals surface area contributed by atoms with Gasteiger partial charge in [-0.25, -0.2) is 0 Å². The minimum absolute atomic E-state index is 0.322. The van der Waals surface area contributed by atoms with Crippen molar-refractivity contribution >= 4 is 5.88 Å². The van der Waals surface area contributed by atoms with E-state index in [4.69, 9.17) is 10.3 Å². The summed E-state index contributed by atoms with van der Waals surface area (Å²) < 4.78 is 5.18. The molecule has 0 aliphatic heterocycles. The van der Waals surface area contributed by atoms with E-state index in [1.54, 1.807) is 0 Å². The summed E-state index contributed by atoms with van der Waals surface area (Å²) in [4.78, 5) is 0. The average Bonchev–Trinajstić information content (AvgIpc) is 2.71. The Balaban J connectivity index is 2.50. The van der Waals surface area contributed by atoms with Crippen LogP contribution in [0, 0.1) is 12.8 Å². The van der Waals surface area contributed by atoms with E-state index in [-0.39, 0.29) is 0 Å². The Kier molecular flexibility index (Phi) is 3.41. The number of hydrogen-bond acceptors (Lipinski definition) is 3. The van der Waals surface area contributed by atoms with E-state index in [2.05, 4.69) is 57.1 Å². The fourth-order valence-electron chi connectivity index (χ4n) is 1.95. The SMILES string of the molecule is Cc1ccc(-c2c(C(C)C(C)C)noc2N)cc1. The summed E-state index contributed by atoms with van der Waals surface area (Å²) in [5, 5.41) is 4.14. The number of aromatic nitrogens is 1. The Morgan fingerprint density at radius 3 is 2.28 bits per heavy atom. The summed E-state index contributed by atoms with van der Waals surface area (Å²) in [6.07, 6.45) is 0. The van der Waals surface area contributed by atoms with Gasteiger partial charge in [-0.3, -0.25) is 0 Å². The Morgan fingerprint density at radius 2 is 1.72 bits per heavy atom. The van der Waals surface area contributed by atoms with Crippen LogP contribution in [-0.2, 0) is 0 Å². The van der Waals surface area contributed by atoms with Crippen molar-refractivity contribution in [1.29, 1.82) is 0 Å². The quantitative estimate of drug-likeness (QED) is 0.888. The first-order valence-electron chi connectivity index (χ1n) is 6.32. The Bertz CT molecular complexity index is 526. The molecule has 2 aromatic rings. The highest BCUT2D eigenvalue weighted by Crippen LogP contribution is 2.36. The topological polar surface area (TPSA) is 52.0 Å². The zero-order valence-corrected chi connectivity index (χ0v) is 11.4. The molecule has 2 N–H and O–H groups in total. The number of nitrogens with two attached hydrogens (primary N) is 1. The normalized spacial score (nSPS) is 12.9. The molecule has 0 saturated carbocycles. The predicted octanol–water partition coefficient (Wildman–Crippen LogP) is 3.99. The second-order valence-electron chi connectivity index (χ2n) is 5.21. The monoisotopic (exact) mass is 244 g/mol. The highest BCUT2D eigenvalue weighted by molar-refractivity contribution is 5.75. The smallest absolute Gasteiger partial charge is 0.230 e. The molecular weight excluding hydrogens is 224 g/mol. The lowest BCUT2D eigenvalue weighted by Gasteiger charge is -2.14. The number of rotatable bonds is 3. The summed E-state index contributed by atoms with van der Waals surface area (Å²) >= 11 is 0. The summed E-state index contributed by atoms with van der Waals surface area (Å²) in [6.45, 7) is 8.57. The van der Waals surface area contributed by atoms with Crippen molar-refractivity contribution in [2.24, 2.45) is 5.92 Å². The molecule has 18 heavy (non-hydrogen) atoms. The van der Waals surface area contributed by atoms with Crippen LogP contribution in [0.5, 0.6) is 0 Å². The molecule has 0 aliphatic carbocycles. The van der Waals surface area contributed by atoms with Gasteiger partial charge in [0.25, 0.3) is 0 Å². The maximum atomic E-state index is 5.92. The maximum Gasteiger partial charge on any atom is 0.230 e. The van der Waals surface area contributed by atoms with Crippen LogP contribution in [0.4, 0.5) is 5.88 Å². The molecule has 1 unspecified atom stereocenters. The van der Waals surface area contributed by atoms with Gasteiger partial charge in [0, 0.05) is 5.92 Å². The van der Waals surface area contributed by atoms with Crippen LogP contribution >= 0.6 is 0 Å². The predicted molar refractivity (Wildman–Crippen MR) is 74.3 cm³/mol. The fraction of sp³-hybridized carbons (Fsp3) is 0.400. The number of nitrogens with zero attached hydrogens (tertiary/aromatic N) is 1. The van der Waals surface area contributed by atoms with Crippen molar-refractivity contribution in [3.8, 4) is 11.1 Å². The van der Waals surface area contributed by atoms with Gasteiger partial charge in [-0.15, -0.1) is 0 Å².